The molecule has 2 aliphatic heterocycles. The molecule has 0 atom stereocenters. The van der Waals surface area contributed by atoms with Crippen molar-refractivity contribution in [1.29, 1.82) is 0 Å². The number of nitrogens with zero attached hydrogens (tertiary/aromatic N) is 5. The number of amides is 1. The summed E-state index contributed by atoms with van der Waals surface area (Å²) in [6.07, 6.45) is 4.99. The first-order valence-electron chi connectivity index (χ1n) is 10.6. The lowest BCUT2D eigenvalue weighted by atomic mass is 10.2. The fourth-order valence-corrected chi connectivity index (χ4v) is 5.20. The summed E-state index contributed by atoms with van der Waals surface area (Å²) in [4.78, 5) is 37.9. The first-order valence-corrected chi connectivity index (χ1v) is 11.9. The van der Waals surface area contributed by atoms with Crippen LogP contribution in [0.3, 0.4) is 0 Å². The molecule has 0 radical (unpaired) electrons. The van der Waals surface area contributed by atoms with Crippen molar-refractivity contribution in [2.75, 3.05) is 38.1 Å². The van der Waals surface area contributed by atoms with Crippen LogP contribution < -0.4 is 10.5 Å². The SMILES string of the molecule is Cc1ccc2nc(N3CCN(C)CC3)c(/C=C3\SC(=S)N(Cc4ccco4)C3=O)c(=O)n2c1. The summed E-state index contributed by atoms with van der Waals surface area (Å²) in [5.74, 6) is 1.02. The molecule has 3 aromatic rings. The van der Waals surface area contributed by atoms with Crippen molar-refractivity contribution < 1.29 is 9.21 Å². The molecular formula is C23H23N5O3S2. The number of anilines is 1. The highest BCUT2D eigenvalue weighted by Gasteiger charge is 2.33. The summed E-state index contributed by atoms with van der Waals surface area (Å²) < 4.78 is 7.36. The molecule has 0 spiro atoms. The van der Waals surface area contributed by atoms with Crippen LogP contribution in [0.4, 0.5) is 5.82 Å². The smallest absolute Gasteiger partial charge is 0.267 e. The fraction of sp³-hybridized carbons (Fsp3) is 0.304. The van der Waals surface area contributed by atoms with E-state index in [9.17, 15) is 9.59 Å². The maximum atomic E-state index is 13.6. The molecule has 33 heavy (non-hydrogen) atoms. The van der Waals surface area contributed by atoms with Crippen LogP contribution in [-0.2, 0) is 11.3 Å². The lowest BCUT2D eigenvalue weighted by molar-refractivity contribution is -0.122. The Hall–Kier alpha value is -2.95. The summed E-state index contributed by atoms with van der Waals surface area (Å²) in [5.41, 5.74) is 1.74. The van der Waals surface area contributed by atoms with Crippen molar-refractivity contribution in [2.45, 2.75) is 13.5 Å². The minimum atomic E-state index is -0.237. The molecule has 2 aliphatic rings. The molecule has 0 bridgehead atoms. The van der Waals surface area contributed by atoms with Gasteiger partial charge in [-0.25, -0.2) is 4.98 Å². The van der Waals surface area contributed by atoms with E-state index in [0.717, 1.165) is 31.7 Å². The van der Waals surface area contributed by atoms with Crippen LogP contribution in [-0.4, -0.2) is 62.6 Å². The summed E-state index contributed by atoms with van der Waals surface area (Å²) in [6, 6.07) is 7.36. The van der Waals surface area contributed by atoms with E-state index >= 15 is 0 Å². The number of aryl methyl sites for hydroxylation is 1. The number of fused-ring (bicyclic) bond motifs is 1. The van der Waals surface area contributed by atoms with Crippen LogP contribution in [0, 0.1) is 6.92 Å². The number of pyridine rings is 1. The quantitative estimate of drug-likeness (QED) is 0.416. The molecule has 2 saturated heterocycles. The van der Waals surface area contributed by atoms with E-state index in [1.165, 1.54) is 16.7 Å². The van der Waals surface area contributed by atoms with Gasteiger partial charge in [-0.1, -0.05) is 30.0 Å². The molecule has 2 fully saturated rings. The molecule has 5 rings (SSSR count). The number of thioether (sulfide) groups is 1. The van der Waals surface area contributed by atoms with E-state index in [1.807, 2.05) is 19.1 Å². The molecule has 0 N–H and O–H groups in total. The van der Waals surface area contributed by atoms with Gasteiger partial charge < -0.3 is 14.2 Å². The molecule has 5 heterocycles. The van der Waals surface area contributed by atoms with Crippen LogP contribution in [0.25, 0.3) is 11.7 Å². The summed E-state index contributed by atoms with van der Waals surface area (Å²) in [6.45, 7) is 5.45. The molecule has 170 valence electrons. The number of aromatic nitrogens is 2. The molecule has 10 heteroatoms. The van der Waals surface area contributed by atoms with Gasteiger partial charge in [0.05, 0.1) is 23.3 Å². The number of likely N-dealkylation sites (N-methyl/N-ethyl adjacent to an activating group) is 1. The third-order valence-electron chi connectivity index (χ3n) is 5.83. The maximum absolute atomic E-state index is 13.6. The molecule has 1 amide bonds. The third kappa shape index (κ3) is 4.21. The molecule has 0 aliphatic carbocycles. The zero-order chi connectivity index (χ0) is 23.1. The number of hydrogen-bond donors (Lipinski definition) is 0. The Bertz CT molecular complexity index is 1320. The minimum Gasteiger partial charge on any atom is -0.467 e. The monoisotopic (exact) mass is 481 g/mol. The Morgan fingerprint density at radius 3 is 2.70 bits per heavy atom. The lowest BCUT2D eigenvalue weighted by Crippen LogP contribution is -2.45. The average molecular weight is 482 g/mol. The van der Waals surface area contributed by atoms with Crippen LogP contribution in [0.5, 0.6) is 0 Å². The largest absolute Gasteiger partial charge is 0.467 e. The number of carbonyl (C=O) groups excluding carboxylic acids is 1. The Labute approximate surface area is 200 Å². The van der Waals surface area contributed by atoms with Crippen LogP contribution in [0.1, 0.15) is 16.9 Å². The van der Waals surface area contributed by atoms with Gasteiger partial charge in [0, 0.05) is 32.4 Å². The molecule has 3 aromatic heterocycles. The van der Waals surface area contributed by atoms with Crippen molar-refractivity contribution >= 4 is 51.7 Å². The fourth-order valence-electron chi connectivity index (χ4n) is 3.96. The molecular weight excluding hydrogens is 458 g/mol. The predicted molar refractivity (Wildman–Crippen MR) is 133 cm³/mol. The van der Waals surface area contributed by atoms with Crippen LogP contribution >= 0.6 is 24.0 Å². The van der Waals surface area contributed by atoms with Crippen molar-refractivity contribution in [3.8, 4) is 0 Å². The van der Waals surface area contributed by atoms with Gasteiger partial charge in [-0.2, -0.15) is 0 Å². The minimum absolute atomic E-state index is 0.200. The second-order valence-corrected chi connectivity index (χ2v) is 9.90. The van der Waals surface area contributed by atoms with Gasteiger partial charge >= 0.3 is 0 Å². The van der Waals surface area contributed by atoms with Crippen LogP contribution in [0.15, 0.2) is 50.8 Å². The van der Waals surface area contributed by atoms with Gasteiger partial charge in [-0.3, -0.25) is 18.9 Å². The van der Waals surface area contributed by atoms with Crippen molar-refractivity contribution in [1.82, 2.24) is 19.2 Å². The van der Waals surface area contributed by atoms with E-state index in [1.54, 1.807) is 35.1 Å². The molecule has 0 aromatic carbocycles. The molecule has 0 unspecified atom stereocenters. The zero-order valence-electron chi connectivity index (χ0n) is 18.4. The molecule has 0 saturated carbocycles. The second-order valence-electron chi connectivity index (χ2n) is 8.23. The Balaban J connectivity index is 1.59. The van der Waals surface area contributed by atoms with Gasteiger partial charge in [-0.15, -0.1) is 0 Å². The van der Waals surface area contributed by atoms with Crippen molar-refractivity contribution in [3.63, 3.8) is 0 Å². The van der Waals surface area contributed by atoms with E-state index in [2.05, 4.69) is 16.8 Å². The van der Waals surface area contributed by atoms with Crippen LogP contribution in [0.2, 0.25) is 0 Å². The summed E-state index contributed by atoms with van der Waals surface area (Å²) in [7, 11) is 2.08. The number of hydrogen-bond acceptors (Lipinski definition) is 8. The second kappa shape index (κ2) is 8.77. The van der Waals surface area contributed by atoms with Gasteiger partial charge in [0.2, 0.25) is 0 Å². The number of rotatable bonds is 4. The standard InChI is InChI=1S/C23H23N5O3S2/c1-15-5-6-19-24-20(26-9-7-25(2)8-10-26)17(21(29)27(19)13-15)12-18-22(30)28(23(32)33-18)14-16-4-3-11-31-16/h3-6,11-13H,7-10,14H2,1-2H3/b18-12-. The average Bonchev–Trinajstić information content (AvgIpc) is 3.41. The Morgan fingerprint density at radius 1 is 1.18 bits per heavy atom. The third-order valence-corrected chi connectivity index (χ3v) is 7.21. The first kappa shape index (κ1) is 21.9. The van der Waals surface area contributed by atoms with E-state index in [0.29, 0.717) is 32.0 Å². The van der Waals surface area contributed by atoms with Crippen molar-refractivity contribution in [2.24, 2.45) is 0 Å². The summed E-state index contributed by atoms with van der Waals surface area (Å²) in [5, 5.41) is 0. The number of piperazine rings is 1. The maximum Gasteiger partial charge on any atom is 0.267 e. The number of carbonyl (C=O) groups is 1. The Kier molecular flexibility index (Phi) is 5.81. The highest BCUT2D eigenvalue weighted by molar-refractivity contribution is 8.26. The Morgan fingerprint density at radius 2 is 1.97 bits per heavy atom. The summed E-state index contributed by atoms with van der Waals surface area (Å²) >= 11 is 6.65. The number of thiocarbonyl (C=S) groups is 1. The molecule has 8 nitrogen and oxygen atoms in total. The first-order chi connectivity index (χ1) is 15.9. The van der Waals surface area contributed by atoms with E-state index < -0.39 is 0 Å². The topological polar surface area (TPSA) is 74.3 Å². The lowest BCUT2D eigenvalue weighted by Gasteiger charge is -2.34. The van der Waals surface area contributed by atoms with Gasteiger partial charge in [0.15, 0.2) is 0 Å². The van der Waals surface area contributed by atoms with E-state index in [-0.39, 0.29) is 18.0 Å². The van der Waals surface area contributed by atoms with Gasteiger partial charge in [-0.05, 0) is 43.8 Å². The van der Waals surface area contributed by atoms with Crippen molar-refractivity contribution in [3.05, 3.63) is 68.9 Å². The highest BCUT2D eigenvalue weighted by atomic mass is 32.2. The number of furan rings is 1. The van der Waals surface area contributed by atoms with E-state index in [4.69, 9.17) is 21.6 Å². The van der Waals surface area contributed by atoms with Gasteiger partial charge in [0.1, 0.15) is 21.5 Å². The normalized spacial score (nSPS) is 18.8. The zero-order valence-corrected chi connectivity index (χ0v) is 20.0. The predicted octanol–water partition coefficient (Wildman–Crippen LogP) is 2.75. The van der Waals surface area contributed by atoms with Gasteiger partial charge in [0.25, 0.3) is 11.5 Å². The highest BCUT2D eigenvalue weighted by Crippen LogP contribution is 2.34.